The highest BCUT2D eigenvalue weighted by Gasteiger charge is 2.51. The number of rotatable bonds is 13. The standard InChI is InChI=1S/C54H71N3O6/c1-3-37-33-57-52(55)31-46(37)39(12-11-35-9-5-4-6-10-35)27-43(58)16-13-38-20-24-54(50(61)18-15-40-28-49(63-2)48(60)30-45(38)40)23-19-36(25-51(54)62)32-53(21-7-8-22-53)42-26-41-14-17-44(59)29-47(41)56-34-42/h4-6,9-12,28,30-31,36,38-39,41-43,47,51,56-58,60,62H,3,7-8,13-19,21-23,25-27,29,32-34,55H2,1-2H3. The highest BCUT2D eigenvalue weighted by atomic mass is 16.5. The number of aryl methyl sites for hydroxylation is 1. The molecule has 3 saturated carbocycles. The molecule has 9 atom stereocenters. The fourth-order valence-electron chi connectivity index (χ4n) is 12.7. The fourth-order valence-corrected chi connectivity index (χ4v) is 12.7. The summed E-state index contributed by atoms with van der Waals surface area (Å²) in [7, 11) is 1.53. The Morgan fingerprint density at radius 2 is 1.86 bits per heavy atom. The van der Waals surface area contributed by atoms with Gasteiger partial charge in [0.1, 0.15) is 11.2 Å². The van der Waals surface area contributed by atoms with Gasteiger partial charge in [0, 0.05) is 43.7 Å². The van der Waals surface area contributed by atoms with E-state index in [-0.39, 0.29) is 35.2 Å². The van der Waals surface area contributed by atoms with Crippen molar-refractivity contribution in [2.45, 2.75) is 147 Å². The monoisotopic (exact) mass is 858 g/mol. The lowest BCUT2D eigenvalue weighted by molar-refractivity contribution is -0.135. The molecule has 4 fully saturated rings. The Hall–Kier alpha value is -4.36. The lowest BCUT2D eigenvalue weighted by Crippen LogP contribution is -2.53. The molecule has 9 nitrogen and oxygen atoms in total. The molecule has 0 amide bonds. The number of nitrogens with two attached hydrogens (primary N) is 1. The van der Waals surface area contributed by atoms with Crippen molar-refractivity contribution in [1.82, 2.24) is 10.6 Å². The van der Waals surface area contributed by atoms with Crippen LogP contribution in [0.5, 0.6) is 11.5 Å². The molecule has 7 N–H and O–H groups in total. The van der Waals surface area contributed by atoms with Crippen LogP contribution < -0.4 is 21.1 Å². The molecule has 2 heterocycles. The maximum Gasteiger partial charge on any atom is 0.160 e. The highest BCUT2D eigenvalue weighted by Crippen LogP contribution is 2.55. The van der Waals surface area contributed by atoms with Crippen LogP contribution in [0.15, 0.2) is 71.6 Å². The van der Waals surface area contributed by atoms with Crippen LogP contribution in [-0.4, -0.2) is 65.3 Å². The van der Waals surface area contributed by atoms with Gasteiger partial charge in [0.2, 0.25) is 0 Å². The van der Waals surface area contributed by atoms with Crippen LogP contribution in [0.25, 0.3) is 6.08 Å². The van der Waals surface area contributed by atoms with Crippen molar-refractivity contribution in [3.8, 4) is 23.3 Å². The van der Waals surface area contributed by atoms with E-state index < -0.39 is 17.6 Å². The van der Waals surface area contributed by atoms with Crippen LogP contribution in [0.3, 0.4) is 0 Å². The Labute approximate surface area is 375 Å². The molecule has 2 aromatic carbocycles. The minimum absolute atomic E-state index is 0.00748. The zero-order valence-electron chi connectivity index (χ0n) is 37.7. The normalized spacial score (nSPS) is 30.5. The summed E-state index contributed by atoms with van der Waals surface area (Å²) in [5.41, 5.74) is 10.6. The number of nitrogens with one attached hydrogen (secondary N) is 2. The van der Waals surface area contributed by atoms with Crippen molar-refractivity contribution in [2.75, 3.05) is 20.2 Å². The largest absolute Gasteiger partial charge is 0.504 e. The predicted octanol–water partition coefficient (Wildman–Crippen LogP) is 8.42. The summed E-state index contributed by atoms with van der Waals surface area (Å²) in [6, 6.07) is 14.1. The number of aromatic hydroxyl groups is 1. The van der Waals surface area contributed by atoms with Crippen LogP contribution in [0.1, 0.15) is 139 Å². The van der Waals surface area contributed by atoms with E-state index >= 15 is 0 Å². The number of benzene rings is 2. The molecule has 9 unspecified atom stereocenters. The summed E-state index contributed by atoms with van der Waals surface area (Å²) in [5, 5.41) is 42.3. The number of carbonyl (C=O) groups excluding carboxylic acids is 2. The first-order valence-electron chi connectivity index (χ1n) is 24.2. The molecular weight excluding hydrogens is 787 g/mol. The van der Waals surface area contributed by atoms with Crippen molar-refractivity contribution in [2.24, 2.45) is 40.2 Å². The van der Waals surface area contributed by atoms with E-state index in [9.17, 15) is 24.9 Å². The van der Waals surface area contributed by atoms with Gasteiger partial charge in [-0.05, 0) is 159 Å². The van der Waals surface area contributed by atoms with Crippen LogP contribution in [-0.2, 0) is 16.0 Å². The number of methoxy groups -OCH3 is 1. The number of hydrogen-bond donors (Lipinski definition) is 6. The number of fused-ring (bicyclic) bond motifs is 2. The maximum absolute atomic E-state index is 14.5. The van der Waals surface area contributed by atoms with Crippen LogP contribution in [0.2, 0.25) is 0 Å². The number of Topliss-reactive ketones (excluding diaryl/α,β-unsaturated/α-hetero) is 2. The second-order valence-electron chi connectivity index (χ2n) is 20.1. The van der Waals surface area contributed by atoms with Gasteiger partial charge in [-0.25, -0.2) is 0 Å². The number of aliphatic hydroxyl groups excluding tert-OH is 2. The lowest BCUT2D eigenvalue weighted by atomic mass is 9.58. The quantitative estimate of drug-likeness (QED) is 0.109. The Balaban J connectivity index is 1.02. The first-order chi connectivity index (χ1) is 30.5. The molecule has 2 aromatic rings. The Kier molecular flexibility index (Phi) is 14.2. The van der Waals surface area contributed by atoms with Crippen molar-refractivity contribution in [3.63, 3.8) is 0 Å². The molecule has 0 aromatic heterocycles. The molecular formula is C54H71N3O6. The Morgan fingerprint density at radius 1 is 1.05 bits per heavy atom. The first kappa shape index (κ1) is 45.2. The van der Waals surface area contributed by atoms with Gasteiger partial charge in [0.25, 0.3) is 0 Å². The van der Waals surface area contributed by atoms with Gasteiger partial charge >= 0.3 is 0 Å². The topological polar surface area (TPSA) is 154 Å². The molecule has 0 bridgehead atoms. The summed E-state index contributed by atoms with van der Waals surface area (Å²) in [5.74, 6) is 9.42. The van der Waals surface area contributed by atoms with E-state index in [1.165, 1.54) is 44.8 Å². The van der Waals surface area contributed by atoms with E-state index in [0.717, 1.165) is 54.5 Å². The van der Waals surface area contributed by atoms with Crippen molar-refractivity contribution >= 4 is 17.6 Å². The smallest absolute Gasteiger partial charge is 0.160 e. The van der Waals surface area contributed by atoms with Gasteiger partial charge in [-0.3, -0.25) is 9.59 Å². The van der Waals surface area contributed by atoms with Crippen LogP contribution >= 0.6 is 0 Å². The summed E-state index contributed by atoms with van der Waals surface area (Å²) in [4.78, 5) is 26.7. The first-order valence-corrected chi connectivity index (χ1v) is 24.2. The second kappa shape index (κ2) is 19.8. The molecule has 338 valence electrons. The SMILES string of the molecule is CCC1=C(C(C=Cc2ccccc2)CC(O)CCC2C#CC3(CCC(CC4(C5CNC6CC(=O)CCC6C5)CCCC4)CC3O)C(=O)CCc3cc(OC)c(O)cc32)C=C(N)NC1. The molecule has 0 radical (unpaired) electrons. The van der Waals surface area contributed by atoms with Gasteiger partial charge in [0.05, 0.1) is 25.1 Å². The van der Waals surface area contributed by atoms with E-state index in [1.54, 1.807) is 6.07 Å². The molecule has 1 spiro atoms. The molecule has 4 aliphatic carbocycles. The molecule has 8 rings (SSSR count). The van der Waals surface area contributed by atoms with Crippen LogP contribution in [0, 0.1) is 46.3 Å². The molecule has 1 saturated heterocycles. The lowest BCUT2D eigenvalue weighted by Gasteiger charge is -2.49. The second-order valence-corrected chi connectivity index (χ2v) is 20.1. The van der Waals surface area contributed by atoms with Gasteiger partial charge in [-0.1, -0.05) is 74.1 Å². The summed E-state index contributed by atoms with van der Waals surface area (Å²) >= 11 is 0. The van der Waals surface area contributed by atoms with Crippen molar-refractivity contribution < 1.29 is 29.6 Å². The van der Waals surface area contributed by atoms with Gasteiger partial charge in [0.15, 0.2) is 17.3 Å². The highest BCUT2D eigenvalue weighted by molar-refractivity contribution is 5.89. The summed E-state index contributed by atoms with van der Waals surface area (Å²) in [6.45, 7) is 3.80. The third-order valence-corrected chi connectivity index (χ3v) is 16.3. The summed E-state index contributed by atoms with van der Waals surface area (Å²) in [6.07, 6.45) is 19.3. The molecule has 63 heavy (non-hydrogen) atoms. The average Bonchev–Trinajstić information content (AvgIpc) is 3.78. The van der Waals surface area contributed by atoms with E-state index in [2.05, 4.69) is 53.7 Å². The number of aliphatic hydroxyl groups is 2. The van der Waals surface area contributed by atoms with Gasteiger partial charge in [-0.2, -0.15) is 0 Å². The number of dihydropyridines is 1. The number of piperidine rings is 1. The number of ether oxygens (including phenoxy) is 1. The van der Waals surface area contributed by atoms with E-state index in [0.29, 0.717) is 99.1 Å². The number of allylic oxidation sites excluding steroid dienone is 3. The maximum atomic E-state index is 14.5. The zero-order chi connectivity index (χ0) is 44.1. The van der Waals surface area contributed by atoms with Crippen LogP contribution in [0.4, 0.5) is 0 Å². The van der Waals surface area contributed by atoms with Gasteiger partial charge < -0.3 is 36.4 Å². The van der Waals surface area contributed by atoms with Crippen molar-refractivity contribution in [1.29, 1.82) is 0 Å². The molecule has 6 aliphatic rings. The minimum atomic E-state index is -1.16. The van der Waals surface area contributed by atoms with E-state index in [4.69, 9.17) is 10.5 Å². The number of phenols is 1. The molecule has 2 aliphatic heterocycles. The number of ketones is 2. The molecule has 9 heteroatoms. The third-order valence-electron chi connectivity index (χ3n) is 16.3. The predicted molar refractivity (Wildman–Crippen MR) is 248 cm³/mol. The summed E-state index contributed by atoms with van der Waals surface area (Å²) < 4.78 is 5.53. The van der Waals surface area contributed by atoms with Crippen molar-refractivity contribution in [3.05, 3.63) is 88.3 Å². The Morgan fingerprint density at radius 3 is 2.62 bits per heavy atom. The van der Waals surface area contributed by atoms with E-state index in [1.807, 2.05) is 30.3 Å². The number of hydrogen-bond acceptors (Lipinski definition) is 9. The number of phenolic OH excluding ortho intramolecular Hbond substituents is 1. The fraction of sp³-hybridized carbons (Fsp3) is 0.593. The zero-order valence-corrected chi connectivity index (χ0v) is 37.7. The minimum Gasteiger partial charge on any atom is -0.504 e. The van der Waals surface area contributed by atoms with Gasteiger partial charge in [-0.15, -0.1) is 0 Å². The third kappa shape index (κ3) is 9.99. The average molecular weight is 858 g/mol. The Bertz CT molecular complexity index is 2130. The number of carbonyl (C=O) groups is 2.